The average molecular weight is 421 g/mol. The first kappa shape index (κ1) is 23.1. The van der Waals surface area contributed by atoms with Crippen molar-refractivity contribution in [3.05, 3.63) is 28.8 Å². The van der Waals surface area contributed by atoms with Crippen molar-refractivity contribution >= 4 is 45.0 Å². The minimum absolute atomic E-state index is 0.117. The molecule has 0 heterocycles. The van der Waals surface area contributed by atoms with Crippen LogP contribution >= 0.6 is 23.4 Å². The van der Waals surface area contributed by atoms with E-state index in [1.165, 1.54) is 4.31 Å². The van der Waals surface area contributed by atoms with Crippen LogP contribution in [0.25, 0.3) is 0 Å². The third-order valence-electron chi connectivity index (χ3n) is 3.67. The Morgan fingerprint density at radius 2 is 1.96 bits per heavy atom. The fraction of sp³-hybridized carbons (Fsp3) is 0.611. The van der Waals surface area contributed by atoms with E-state index in [1.807, 2.05) is 0 Å². The molecule has 0 aliphatic heterocycles. The first-order chi connectivity index (χ1) is 11.9. The van der Waals surface area contributed by atoms with Gasteiger partial charge in [0.2, 0.25) is 15.9 Å². The van der Waals surface area contributed by atoms with Crippen LogP contribution in [-0.2, 0) is 14.8 Å². The van der Waals surface area contributed by atoms with E-state index in [1.54, 1.807) is 43.8 Å². The molecule has 0 spiro atoms. The number of benzene rings is 1. The maximum Gasteiger partial charge on any atom is 0.243 e. The zero-order valence-corrected chi connectivity index (χ0v) is 18.7. The van der Waals surface area contributed by atoms with Gasteiger partial charge in [0, 0.05) is 22.1 Å². The van der Waals surface area contributed by atoms with Crippen molar-refractivity contribution in [1.82, 2.24) is 5.32 Å². The summed E-state index contributed by atoms with van der Waals surface area (Å²) in [7, 11) is -3.66. The van der Waals surface area contributed by atoms with Gasteiger partial charge in [-0.1, -0.05) is 45.4 Å². The number of hydrogen-bond donors (Lipinski definition) is 1. The van der Waals surface area contributed by atoms with Crippen LogP contribution in [0, 0.1) is 6.92 Å². The van der Waals surface area contributed by atoms with Crippen LogP contribution in [0.2, 0.25) is 5.02 Å². The van der Waals surface area contributed by atoms with Gasteiger partial charge >= 0.3 is 0 Å². The fourth-order valence-electron chi connectivity index (χ4n) is 2.50. The molecular formula is C18H29ClN2O3S2. The Bertz CT molecular complexity index is 730. The molecule has 1 atom stereocenters. The molecule has 0 radical (unpaired) electrons. The van der Waals surface area contributed by atoms with Gasteiger partial charge in [-0.15, -0.1) is 0 Å². The largest absolute Gasteiger partial charge is 0.353 e. The lowest BCUT2D eigenvalue weighted by Gasteiger charge is -2.31. The van der Waals surface area contributed by atoms with E-state index in [9.17, 15) is 13.2 Å². The Morgan fingerprint density at radius 3 is 2.46 bits per heavy atom. The molecule has 148 valence electrons. The van der Waals surface area contributed by atoms with Crippen LogP contribution in [0.15, 0.2) is 18.2 Å². The molecule has 0 saturated heterocycles. The Hall–Kier alpha value is -0.920. The summed E-state index contributed by atoms with van der Waals surface area (Å²) in [5, 5.41) is 3.29. The predicted octanol–water partition coefficient (Wildman–Crippen LogP) is 3.84. The van der Waals surface area contributed by atoms with Crippen LogP contribution < -0.4 is 9.62 Å². The van der Waals surface area contributed by atoms with E-state index >= 15 is 0 Å². The zero-order chi connectivity index (χ0) is 20.1. The molecule has 1 rings (SSSR count). The topological polar surface area (TPSA) is 66.5 Å². The normalized spacial score (nSPS) is 13.3. The molecule has 0 aromatic heterocycles. The molecule has 0 fully saturated rings. The summed E-state index contributed by atoms with van der Waals surface area (Å²) in [6, 6.07) is 4.22. The standard InChI is InChI=1S/C18H29ClN2O3S2/c1-7-15(17(22)20-10-11-25-18(3,4)5)21(26(6,23)24)16-12-14(19)9-8-13(16)2/h8-9,12,15H,7,10-11H2,1-6H3,(H,20,22)/t15-/m1/s1. The Labute approximate surface area is 166 Å². The fourth-order valence-corrected chi connectivity index (χ4v) is 4.75. The Morgan fingerprint density at radius 1 is 1.35 bits per heavy atom. The van der Waals surface area contributed by atoms with Crippen molar-refractivity contribution in [3.8, 4) is 0 Å². The SMILES string of the molecule is CC[C@H](C(=O)NCCSC(C)(C)C)N(c1cc(Cl)ccc1C)S(C)(=O)=O. The number of rotatable bonds is 8. The number of carbonyl (C=O) groups is 1. The molecule has 5 nitrogen and oxygen atoms in total. The second kappa shape index (κ2) is 9.33. The molecule has 26 heavy (non-hydrogen) atoms. The lowest BCUT2D eigenvalue weighted by atomic mass is 10.1. The highest BCUT2D eigenvalue weighted by Crippen LogP contribution is 2.29. The molecule has 0 unspecified atom stereocenters. The Kier molecular flexibility index (Phi) is 8.30. The molecule has 1 amide bonds. The van der Waals surface area contributed by atoms with Crippen LogP contribution in [0.4, 0.5) is 5.69 Å². The van der Waals surface area contributed by atoms with Crippen molar-refractivity contribution in [3.63, 3.8) is 0 Å². The number of aryl methyl sites for hydroxylation is 1. The van der Waals surface area contributed by atoms with Crippen LogP contribution in [0.5, 0.6) is 0 Å². The van der Waals surface area contributed by atoms with E-state index in [0.29, 0.717) is 23.7 Å². The van der Waals surface area contributed by atoms with E-state index in [-0.39, 0.29) is 10.7 Å². The number of anilines is 1. The quantitative estimate of drug-likeness (QED) is 0.649. The molecule has 0 aliphatic carbocycles. The minimum atomic E-state index is -3.66. The third kappa shape index (κ3) is 7.00. The third-order valence-corrected chi connectivity index (χ3v) is 6.35. The summed E-state index contributed by atoms with van der Waals surface area (Å²) in [4.78, 5) is 12.7. The molecule has 1 aromatic rings. The zero-order valence-electron chi connectivity index (χ0n) is 16.3. The van der Waals surface area contributed by atoms with E-state index < -0.39 is 16.1 Å². The average Bonchev–Trinajstić information content (AvgIpc) is 2.49. The second-order valence-electron chi connectivity index (χ2n) is 7.17. The van der Waals surface area contributed by atoms with Crippen molar-refractivity contribution in [2.45, 2.75) is 51.8 Å². The van der Waals surface area contributed by atoms with Gasteiger partial charge in [0.05, 0.1) is 11.9 Å². The maximum atomic E-state index is 12.7. The predicted molar refractivity (Wildman–Crippen MR) is 113 cm³/mol. The van der Waals surface area contributed by atoms with Gasteiger partial charge in [0.25, 0.3) is 0 Å². The molecule has 0 aliphatic rings. The van der Waals surface area contributed by atoms with E-state index in [2.05, 4.69) is 26.1 Å². The van der Waals surface area contributed by atoms with Crippen LogP contribution in [-0.4, -0.2) is 43.7 Å². The van der Waals surface area contributed by atoms with Gasteiger partial charge in [-0.25, -0.2) is 8.42 Å². The smallest absolute Gasteiger partial charge is 0.243 e. The molecule has 1 aromatic carbocycles. The lowest BCUT2D eigenvalue weighted by molar-refractivity contribution is -0.122. The molecule has 1 N–H and O–H groups in total. The van der Waals surface area contributed by atoms with Crippen LogP contribution in [0.1, 0.15) is 39.7 Å². The van der Waals surface area contributed by atoms with Gasteiger partial charge in [-0.05, 0) is 31.0 Å². The van der Waals surface area contributed by atoms with Crippen molar-refractivity contribution in [2.75, 3.05) is 22.9 Å². The van der Waals surface area contributed by atoms with Gasteiger partial charge in [0.15, 0.2) is 0 Å². The van der Waals surface area contributed by atoms with Crippen molar-refractivity contribution in [2.24, 2.45) is 0 Å². The molecular weight excluding hydrogens is 392 g/mol. The first-order valence-corrected chi connectivity index (χ1v) is 11.7. The number of thioether (sulfide) groups is 1. The van der Waals surface area contributed by atoms with Crippen molar-refractivity contribution in [1.29, 1.82) is 0 Å². The number of carbonyl (C=O) groups excluding carboxylic acids is 1. The summed E-state index contributed by atoms with van der Waals surface area (Å²) in [6.45, 7) is 10.4. The summed E-state index contributed by atoms with van der Waals surface area (Å²) in [5.41, 5.74) is 1.18. The number of nitrogens with one attached hydrogen (secondary N) is 1. The summed E-state index contributed by atoms with van der Waals surface area (Å²) < 4.78 is 26.2. The summed E-state index contributed by atoms with van der Waals surface area (Å²) >= 11 is 7.80. The molecule has 8 heteroatoms. The van der Waals surface area contributed by atoms with E-state index in [0.717, 1.165) is 17.6 Å². The number of sulfonamides is 1. The molecule has 0 bridgehead atoms. The highest BCUT2D eigenvalue weighted by atomic mass is 35.5. The summed E-state index contributed by atoms with van der Waals surface area (Å²) in [6.07, 6.45) is 1.47. The second-order valence-corrected chi connectivity index (χ2v) is 11.4. The summed E-state index contributed by atoms with van der Waals surface area (Å²) in [5.74, 6) is 0.465. The minimum Gasteiger partial charge on any atom is -0.353 e. The number of nitrogens with zero attached hydrogens (tertiary/aromatic N) is 1. The maximum absolute atomic E-state index is 12.7. The molecule has 0 saturated carbocycles. The highest BCUT2D eigenvalue weighted by Gasteiger charge is 2.32. The van der Waals surface area contributed by atoms with Crippen LogP contribution in [0.3, 0.4) is 0 Å². The van der Waals surface area contributed by atoms with Gasteiger partial charge < -0.3 is 5.32 Å². The van der Waals surface area contributed by atoms with Gasteiger partial charge in [-0.3, -0.25) is 9.10 Å². The number of amides is 1. The van der Waals surface area contributed by atoms with Gasteiger partial charge in [0.1, 0.15) is 6.04 Å². The number of hydrogen-bond acceptors (Lipinski definition) is 4. The Balaban J connectivity index is 3.04. The van der Waals surface area contributed by atoms with E-state index in [4.69, 9.17) is 11.6 Å². The highest BCUT2D eigenvalue weighted by molar-refractivity contribution is 8.00. The first-order valence-electron chi connectivity index (χ1n) is 8.54. The lowest BCUT2D eigenvalue weighted by Crippen LogP contribution is -2.50. The number of halogens is 1. The monoisotopic (exact) mass is 420 g/mol. The van der Waals surface area contributed by atoms with Gasteiger partial charge in [-0.2, -0.15) is 11.8 Å². The van der Waals surface area contributed by atoms with Crippen molar-refractivity contribution < 1.29 is 13.2 Å².